The van der Waals surface area contributed by atoms with Gasteiger partial charge < -0.3 is 24.8 Å². The van der Waals surface area contributed by atoms with Gasteiger partial charge in [-0.25, -0.2) is 14.6 Å². The first-order chi connectivity index (χ1) is 15.7. The minimum absolute atomic E-state index is 0.0517. The Morgan fingerprint density at radius 1 is 1.26 bits per heavy atom. The SMILES string of the molecule is CCOc1cc(C(=O)NC2CCN(C(=O)OC(C)(C)C)CC2)ncc1C#N.O=C(O)C(F)(F)F. The zero-order valence-electron chi connectivity index (χ0n) is 19.2. The highest BCUT2D eigenvalue weighted by Crippen LogP contribution is 2.19. The average Bonchev–Trinajstić information content (AvgIpc) is 2.73. The summed E-state index contributed by atoms with van der Waals surface area (Å²) in [4.78, 5) is 39.1. The molecule has 13 heteroatoms. The molecule has 34 heavy (non-hydrogen) atoms. The lowest BCUT2D eigenvalue weighted by Gasteiger charge is -2.33. The summed E-state index contributed by atoms with van der Waals surface area (Å²) >= 11 is 0. The summed E-state index contributed by atoms with van der Waals surface area (Å²) in [5.41, 5.74) is -0.0344. The van der Waals surface area contributed by atoms with Gasteiger partial charge in [-0.05, 0) is 40.5 Å². The number of aliphatic carboxylic acids is 1. The van der Waals surface area contributed by atoms with E-state index in [9.17, 15) is 22.8 Å². The Morgan fingerprint density at radius 3 is 2.26 bits per heavy atom. The van der Waals surface area contributed by atoms with Crippen molar-refractivity contribution in [2.75, 3.05) is 19.7 Å². The molecule has 0 unspecified atom stereocenters. The number of likely N-dealkylation sites (tertiary alicyclic amines) is 1. The van der Waals surface area contributed by atoms with Crippen LogP contribution in [0.5, 0.6) is 5.75 Å². The van der Waals surface area contributed by atoms with E-state index in [0.29, 0.717) is 43.9 Å². The zero-order chi connectivity index (χ0) is 26.1. The molecule has 2 N–H and O–H groups in total. The standard InChI is InChI=1S/C19H26N4O4.C2HF3O2/c1-5-26-16-10-15(21-12-13(16)11-20)17(24)22-14-6-8-23(9-7-14)18(25)27-19(2,3)4;3-2(4,5)1(6)7/h10,12,14H,5-9H2,1-4H3,(H,22,24);(H,6,7). The van der Waals surface area contributed by atoms with Gasteiger partial charge in [-0.3, -0.25) is 4.79 Å². The van der Waals surface area contributed by atoms with Crippen LogP contribution in [0.3, 0.4) is 0 Å². The molecule has 0 spiro atoms. The quantitative estimate of drug-likeness (QED) is 0.658. The third-order valence-corrected chi connectivity index (χ3v) is 4.24. The lowest BCUT2D eigenvalue weighted by atomic mass is 10.1. The Morgan fingerprint density at radius 2 is 1.82 bits per heavy atom. The number of piperidine rings is 1. The zero-order valence-corrected chi connectivity index (χ0v) is 19.2. The predicted molar refractivity (Wildman–Crippen MR) is 112 cm³/mol. The van der Waals surface area contributed by atoms with Crippen LogP contribution in [0.1, 0.15) is 56.6 Å². The highest BCUT2D eigenvalue weighted by Gasteiger charge is 2.38. The molecule has 0 atom stereocenters. The van der Waals surface area contributed by atoms with Crippen LogP contribution in [0.15, 0.2) is 12.3 Å². The second-order valence-corrected chi connectivity index (χ2v) is 8.13. The van der Waals surface area contributed by atoms with E-state index in [1.54, 1.807) is 11.8 Å². The van der Waals surface area contributed by atoms with Gasteiger partial charge in [-0.15, -0.1) is 0 Å². The maximum atomic E-state index is 12.5. The summed E-state index contributed by atoms with van der Waals surface area (Å²) in [6.45, 7) is 8.73. The van der Waals surface area contributed by atoms with Crippen molar-refractivity contribution in [1.29, 1.82) is 5.26 Å². The number of carboxylic acids is 1. The van der Waals surface area contributed by atoms with Crippen LogP contribution >= 0.6 is 0 Å². The molecule has 0 aromatic carbocycles. The van der Waals surface area contributed by atoms with Gasteiger partial charge in [0, 0.05) is 31.4 Å². The number of nitriles is 1. The summed E-state index contributed by atoms with van der Waals surface area (Å²) in [7, 11) is 0. The van der Waals surface area contributed by atoms with Gasteiger partial charge >= 0.3 is 18.2 Å². The van der Waals surface area contributed by atoms with Crippen LogP contribution in [-0.2, 0) is 9.53 Å². The van der Waals surface area contributed by atoms with E-state index in [2.05, 4.69) is 10.3 Å². The Kier molecular flexibility index (Phi) is 10.1. The number of aromatic nitrogens is 1. The molecule has 1 fully saturated rings. The van der Waals surface area contributed by atoms with Crippen LogP contribution in [0.25, 0.3) is 0 Å². The molecule has 1 aliphatic rings. The number of ether oxygens (including phenoxy) is 2. The fraction of sp³-hybridized carbons (Fsp3) is 0.571. The number of pyridine rings is 1. The number of alkyl halides is 3. The second-order valence-electron chi connectivity index (χ2n) is 8.13. The summed E-state index contributed by atoms with van der Waals surface area (Å²) in [5, 5.41) is 19.1. The smallest absolute Gasteiger partial charge is 0.490 e. The number of carbonyl (C=O) groups is 3. The Balaban J connectivity index is 0.000000718. The molecule has 1 saturated heterocycles. The van der Waals surface area contributed by atoms with Crippen LogP contribution in [0, 0.1) is 11.3 Å². The fourth-order valence-electron chi connectivity index (χ4n) is 2.71. The van der Waals surface area contributed by atoms with E-state index in [1.165, 1.54) is 12.3 Å². The molecule has 0 saturated carbocycles. The third-order valence-electron chi connectivity index (χ3n) is 4.24. The fourth-order valence-corrected chi connectivity index (χ4v) is 2.71. The molecule has 1 aromatic heterocycles. The lowest BCUT2D eigenvalue weighted by Crippen LogP contribution is -2.47. The molecule has 0 aliphatic carbocycles. The summed E-state index contributed by atoms with van der Waals surface area (Å²) in [6, 6.07) is 3.42. The Bertz CT molecular complexity index is 917. The number of carbonyl (C=O) groups excluding carboxylic acids is 2. The minimum Gasteiger partial charge on any atom is -0.492 e. The molecule has 0 radical (unpaired) electrons. The number of carboxylic acid groups (broad SMARTS) is 1. The van der Waals surface area contributed by atoms with E-state index < -0.39 is 17.7 Å². The number of amides is 2. The molecule has 10 nitrogen and oxygen atoms in total. The maximum Gasteiger partial charge on any atom is 0.490 e. The number of nitrogens with one attached hydrogen (secondary N) is 1. The first-order valence-corrected chi connectivity index (χ1v) is 10.3. The van der Waals surface area contributed by atoms with E-state index in [0.717, 1.165) is 0 Å². The molecule has 1 aromatic rings. The van der Waals surface area contributed by atoms with E-state index in [-0.39, 0.29) is 23.7 Å². The monoisotopic (exact) mass is 488 g/mol. The molecule has 2 rings (SSSR count). The Hall–Kier alpha value is -3.56. The first kappa shape index (κ1) is 28.5. The molecular weight excluding hydrogens is 461 g/mol. The molecule has 2 heterocycles. The molecular formula is C21H27F3N4O6. The third kappa shape index (κ3) is 9.51. The van der Waals surface area contributed by atoms with Crippen molar-refractivity contribution >= 4 is 18.0 Å². The highest BCUT2D eigenvalue weighted by molar-refractivity contribution is 5.93. The number of rotatable bonds is 4. The van der Waals surface area contributed by atoms with Crippen molar-refractivity contribution in [3.63, 3.8) is 0 Å². The van der Waals surface area contributed by atoms with Crippen molar-refractivity contribution < 1.29 is 42.1 Å². The van der Waals surface area contributed by atoms with Crippen molar-refractivity contribution in [2.24, 2.45) is 0 Å². The van der Waals surface area contributed by atoms with E-state index in [1.807, 2.05) is 26.8 Å². The predicted octanol–water partition coefficient (Wildman–Crippen LogP) is 3.11. The highest BCUT2D eigenvalue weighted by atomic mass is 19.4. The second kappa shape index (κ2) is 12.1. The van der Waals surface area contributed by atoms with Crippen molar-refractivity contribution in [3.05, 3.63) is 23.5 Å². The van der Waals surface area contributed by atoms with Gasteiger partial charge in [-0.2, -0.15) is 18.4 Å². The first-order valence-electron chi connectivity index (χ1n) is 10.3. The number of nitrogens with zero attached hydrogens (tertiary/aromatic N) is 3. The summed E-state index contributed by atoms with van der Waals surface area (Å²) < 4.78 is 42.5. The van der Waals surface area contributed by atoms with Crippen LogP contribution in [-0.4, -0.2) is 70.5 Å². The topological polar surface area (TPSA) is 142 Å². The molecule has 2 amide bonds. The van der Waals surface area contributed by atoms with E-state index >= 15 is 0 Å². The maximum absolute atomic E-state index is 12.5. The van der Waals surface area contributed by atoms with Gasteiger partial charge in [0.25, 0.3) is 5.91 Å². The van der Waals surface area contributed by atoms with Crippen LogP contribution < -0.4 is 10.1 Å². The summed E-state index contributed by atoms with van der Waals surface area (Å²) in [6.07, 6.45) is -2.80. The Labute approximate surface area is 194 Å². The lowest BCUT2D eigenvalue weighted by molar-refractivity contribution is -0.192. The van der Waals surface area contributed by atoms with Gasteiger partial charge in [0.2, 0.25) is 0 Å². The molecule has 1 aliphatic heterocycles. The van der Waals surface area contributed by atoms with Gasteiger partial charge in [-0.1, -0.05) is 0 Å². The summed E-state index contributed by atoms with van der Waals surface area (Å²) in [5.74, 6) is -2.73. The van der Waals surface area contributed by atoms with Crippen molar-refractivity contribution in [3.8, 4) is 11.8 Å². The average molecular weight is 488 g/mol. The van der Waals surface area contributed by atoms with Crippen molar-refractivity contribution in [1.82, 2.24) is 15.2 Å². The van der Waals surface area contributed by atoms with Gasteiger partial charge in [0.05, 0.1) is 6.61 Å². The van der Waals surface area contributed by atoms with Crippen LogP contribution in [0.4, 0.5) is 18.0 Å². The molecule has 0 bridgehead atoms. The van der Waals surface area contributed by atoms with Gasteiger partial charge in [0.1, 0.15) is 28.7 Å². The van der Waals surface area contributed by atoms with Crippen LogP contribution in [0.2, 0.25) is 0 Å². The normalized spacial score (nSPS) is 14.2. The van der Waals surface area contributed by atoms with Crippen molar-refractivity contribution in [2.45, 2.75) is 58.4 Å². The molecule has 188 valence electrons. The van der Waals surface area contributed by atoms with E-state index in [4.69, 9.17) is 24.6 Å². The van der Waals surface area contributed by atoms with Gasteiger partial charge in [0.15, 0.2) is 0 Å². The number of hydrogen-bond donors (Lipinski definition) is 2. The number of halogens is 3. The minimum atomic E-state index is -5.08. The number of hydrogen-bond acceptors (Lipinski definition) is 7. The largest absolute Gasteiger partial charge is 0.492 e.